The molecule has 5 rings (SSSR count). The summed E-state index contributed by atoms with van der Waals surface area (Å²) in [6.45, 7) is 2.51. The molecule has 3 aromatic heterocycles. The quantitative estimate of drug-likeness (QED) is 0.366. The van der Waals surface area contributed by atoms with Gasteiger partial charge in [0.15, 0.2) is 10.9 Å². The van der Waals surface area contributed by atoms with Gasteiger partial charge < -0.3 is 9.40 Å². The number of nitrogens with one attached hydrogen (secondary N) is 1. The molecule has 6 nitrogen and oxygen atoms in total. The minimum absolute atomic E-state index is 0.0861. The van der Waals surface area contributed by atoms with E-state index in [1.54, 1.807) is 12.5 Å². The van der Waals surface area contributed by atoms with Crippen molar-refractivity contribution in [1.29, 1.82) is 0 Å². The molecule has 1 fully saturated rings. The van der Waals surface area contributed by atoms with E-state index in [-0.39, 0.29) is 11.0 Å². The molecule has 0 radical (unpaired) electrons. The van der Waals surface area contributed by atoms with E-state index in [1.165, 1.54) is 11.8 Å². The number of H-pyrrole nitrogens is 1. The molecule has 1 atom stereocenters. The van der Waals surface area contributed by atoms with Crippen LogP contribution in [0.5, 0.6) is 0 Å². The fourth-order valence-corrected chi connectivity index (χ4v) is 4.37. The van der Waals surface area contributed by atoms with Crippen molar-refractivity contribution in [2.75, 3.05) is 0 Å². The van der Waals surface area contributed by atoms with Gasteiger partial charge in [-0.3, -0.25) is 9.36 Å². The first-order chi connectivity index (χ1) is 13.7. The first kappa shape index (κ1) is 17.3. The number of aromatic nitrogens is 4. The Morgan fingerprint density at radius 1 is 1.29 bits per heavy atom. The Morgan fingerprint density at radius 2 is 2.14 bits per heavy atom. The predicted molar refractivity (Wildman–Crippen MR) is 108 cm³/mol. The monoisotopic (exact) mass is 392 g/mol. The van der Waals surface area contributed by atoms with Gasteiger partial charge in [-0.1, -0.05) is 30.0 Å². The average molecular weight is 392 g/mol. The van der Waals surface area contributed by atoms with Crippen LogP contribution >= 0.6 is 11.8 Å². The summed E-state index contributed by atoms with van der Waals surface area (Å²) < 4.78 is 7.62. The molecule has 0 saturated heterocycles. The summed E-state index contributed by atoms with van der Waals surface area (Å²) in [5, 5.41) is 10.3. The van der Waals surface area contributed by atoms with Crippen LogP contribution in [-0.4, -0.2) is 30.8 Å². The highest BCUT2D eigenvalue weighted by Gasteiger charge is 2.32. The lowest BCUT2D eigenvalue weighted by Gasteiger charge is -2.12. The van der Waals surface area contributed by atoms with E-state index in [1.807, 2.05) is 43.3 Å². The Hall–Kier alpha value is -2.80. The van der Waals surface area contributed by atoms with Crippen LogP contribution in [0.15, 0.2) is 58.4 Å². The number of nitrogens with zero attached hydrogens (tertiary/aromatic N) is 3. The van der Waals surface area contributed by atoms with E-state index in [2.05, 4.69) is 19.7 Å². The summed E-state index contributed by atoms with van der Waals surface area (Å²) in [6, 6.07) is 11.7. The van der Waals surface area contributed by atoms with Crippen molar-refractivity contribution in [2.24, 2.45) is 0 Å². The molecule has 3 heterocycles. The highest BCUT2D eigenvalue weighted by molar-refractivity contribution is 8.00. The van der Waals surface area contributed by atoms with Crippen LogP contribution in [0, 0.1) is 0 Å². The molecule has 1 saturated carbocycles. The number of para-hydroxylation sites is 1. The first-order valence-corrected chi connectivity index (χ1v) is 10.3. The molecule has 1 aromatic carbocycles. The molecule has 1 unspecified atom stereocenters. The lowest BCUT2D eigenvalue weighted by atomic mass is 10.1. The highest BCUT2D eigenvalue weighted by Crippen LogP contribution is 2.40. The first-order valence-electron chi connectivity index (χ1n) is 9.43. The second kappa shape index (κ2) is 6.98. The van der Waals surface area contributed by atoms with Crippen LogP contribution in [0.25, 0.3) is 10.9 Å². The minimum atomic E-state index is -0.272. The third-order valence-corrected chi connectivity index (χ3v) is 6.17. The van der Waals surface area contributed by atoms with E-state index >= 15 is 0 Å². The van der Waals surface area contributed by atoms with Crippen molar-refractivity contribution in [2.45, 2.75) is 42.6 Å². The van der Waals surface area contributed by atoms with Gasteiger partial charge in [0.25, 0.3) is 0 Å². The van der Waals surface area contributed by atoms with Crippen molar-refractivity contribution in [1.82, 2.24) is 19.7 Å². The van der Waals surface area contributed by atoms with Gasteiger partial charge in [0.1, 0.15) is 11.6 Å². The molecule has 0 amide bonds. The standard InChI is InChI=1S/C21H20N4O2S/c1-13(19(26)17-11-22-18-7-3-2-6-16(17)18)28-21-24-23-20(14-8-9-14)25(21)12-15-5-4-10-27-15/h2-7,10-11,13-14,22H,8-9,12H2,1H3. The summed E-state index contributed by atoms with van der Waals surface area (Å²) in [6.07, 6.45) is 5.76. The molecule has 4 aromatic rings. The van der Waals surface area contributed by atoms with E-state index in [0.717, 1.165) is 46.0 Å². The van der Waals surface area contributed by atoms with Crippen molar-refractivity contribution < 1.29 is 9.21 Å². The maximum Gasteiger partial charge on any atom is 0.192 e. The van der Waals surface area contributed by atoms with Crippen molar-refractivity contribution in [3.05, 3.63) is 66.0 Å². The van der Waals surface area contributed by atoms with E-state index in [4.69, 9.17) is 4.42 Å². The maximum atomic E-state index is 13.1. The van der Waals surface area contributed by atoms with Crippen LogP contribution in [0.4, 0.5) is 0 Å². The van der Waals surface area contributed by atoms with Crippen molar-refractivity contribution in [3.8, 4) is 0 Å². The summed E-state index contributed by atoms with van der Waals surface area (Å²) in [5.74, 6) is 2.41. The number of thioether (sulfide) groups is 1. The Kier molecular flexibility index (Phi) is 4.31. The number of carbonyl (C=O) groups is 1. The second-order valence-corrected chi connectivity index (χ2v) is 8.46. The number of aromatic amines is 1. The molecule has 142 valence electrons. The molecule has 1 aliphatic carbocycles. The van der Waals surface area contributed by atoms with Crippen molar-refractivity contribution in [3.63, 3.8) is 0 Å². The molecule has 28 heavy (non-hydrogen) atoms. The van der Waals surface area contributed by atoms with Crippen molar-refractivity contribution >= 4 is 28.4 Å². The summed E-state index contributed by atoms with van der Waals surface area (Å²) in [4.78, 5) is 16.3. The number of hydrogen-bond acceptors (Lipinski definition) is 5. The summed E-state index contributed by atoms with van der Waals surface area (Å²) in [5.41, 5.74) is 1.69. The number of benzene rings is 1. The number of fused-ring (bicyclic) bond motifs is 1. The molecule has 1 aliphatic rings. The van der Waals surface area contributed by atoms with Crippen LogP contribution in [0.1, 0.15) is 47.6 Å². The molecular formula is C21H20N4O2S. The number of ketones is 1. The third-order valence-electron chi connectivity index (χ3n) is 5.09. The zero-order chi connectivity index (χ0) is 19.1. The van der Waals surface area contributed by atoms with Gasteiger partial charge in [0.05, 0.1) is 18.1 Å². The minimum Gasteiger partial charge on any atom is -0.467 e. The number of carbonyl (C=O) groups excluding carboxylic acids is 1. The van der Waals surface area contributed by atoms with Crippen LogP contribution < -0.4 is 0 Å². The Balaban J connectivity index is 1.41. The van der Waals surface area contributed by atoms with E-state index < -0.39 is 0 Å². The second-order valence-electron chi connectivity index (χ2n) is 7.15. The smallest absolute Gasteiger partial charge is 0.192 e. The molecular weight excluding hydrogens is 372 g/mol. The number of rotatable bonds is 7. The van der Waals surface area contributed by atoms with Gasteiger partial charge in [-0.25, -0.2) is 0 Å². The maximum absolute atomic E-state index is 13.1. The largest absolute Gasteiger partial charge is 0.467 e. The molecule has 1 N–H and O–H groups in total. The van der Waals surface area contributed by atoms with Gasteiger partial charge in [-0.05, 0) is 38.0 Å². The molecule has 7 heteroatoms. The molecule has 0 spiro atoms. The SMILES string of the molecule is CC(Sc1nnc(C2CC2)n1Cc1ccco1)C(=O)c1c[nH]c2ccccc12. The molecule has 0 aliphatic heterocycles. The van der Waals surface area contributed by atoms with Gasteiger partial charge >= 0.3 is 0 Å². The van der Waals surface area contributed by atoms with Gasteiger partial charge in [-0.2, -0.15) is 0 Å². The number of Topliss-reactive ketones (excluding diaryl/α,β-unsaturated/α-hetero) is 1. The van der Waals surface area contributed by atoms with Gasteiger partial charge in [-0.15, -0.1) is 10.2 Å². The van der Waals surface area contributed by atoms with Crippen LogP contribution in [0.3, 0.4) is 0 Å². The Labute approximate surface area is 166 Å². The Morgan fingerprint density at radius 3 is 2.93 bits per heavy atom. The van der Waals surface area contributed by atoms with Crippen LogP contribution in [0.2, 0.25) is 0 Å². The normalized spacial score (nSPS) is 15.2. The fraction of sp³-hybridized carbons (Fsp3) is 0.286. The zero-order valence-electron chi connectivity index (χ0n) is 15.5. The lowest BCUT2D eigenvalue weighted by Crippen LogP contribution is -2.15. The van der Waals surface area contributed by atoms with E-state index in [9.17, 15) is 4.79 Å². The number of furan rings is 1. The third kappa shape index (κ3) is 3.16. The van der Waals surface area contributed by atoms with E-state index in [0.29, 0.717) is 12.5 Å². The highest BCUT2D eigenvalue weighted by atomic mass is 32.2. The number of hydrogen-bond donors (Lipinski definition) is 1. The lowest BCUT2D eigenvalue weighted by molar-refractivity contribution is 0.0995. The topological polar surface area (TPSA) is 76.7 Å². The fourth-order valence-electron chi connectivity index (χ4n) is 3.44. The zero-order valence-corrected chi connectivity index (χ0v) is 16.3. The summed E-state index contributed by atoms with van der Waals surface area (Å²) >= 11 is 1.46. The average Bonchev–Trinajstić information content (AvgIpc) is 3.10. The van der Waals surface area contributed by atoms with Gasteiger partial charge in [0.2, 0.25) is 0 Å². The van der Waals surface area contributed by atoms with Gasteiger partial charge in [0, 0.05) is 28.6 Å². The predicted octanol–water partition coefficient (Wildman–Crippen LogP) is 4.64. The molecule has 0 bridgehead atoms. The van der Waals surface area contributed by atoms with Crippen LogP contribution in [-0.2, 0) is 6.54 Å². The Bertz CT molecular complexity index is 1120. The summed E-state index contributed by atoms with van der Waals surface area (Å²) in [7, 11) is 0.